The fourth-order valence-corrected chi connectivity index (χ4v) is 1.99. The molecular weight excluding hydrogens is 248 g/mol. The van der Waals surface area contributed by atoms with Crippen molar-refractivity contribution in [2.24, 2.45) is 0 Å². The van der Waals surface area contributed by atoms with E-state index in [0.29, 0.717) is 6.42 Å². The summed E-state index contributed by atoms with van der Waals surface area (Å²) in [7, 11) is 1.95. The Kier molecular flexibility index (Phi) is 4.79. The number of aromatic nitrogens is 1. The van der Waals surface area contributed by atoms with Crippen LogP contribution in [0.4, 0.5) is 0 Å². The molecule has 0 aliphatic carbocycles. The van der Waals surface area contributed by atoms with Crippen LogP contribution in [0.15, 0.2) is 34.9 Å². The second-order valence-electron chi connectivity index (χ2n) is 4.20. The molecule has 96 valence electrons. The second kappa shape index (κ2) is 6.57. The van der Waals surface area contributed by atoms with Gasteiger partial charge in [0.05, 0.1) is 12.6 Å². The van der Waals surface area contributed by atoms with Gasteiger partial charge in [0.1, 0.15) is 5.76 Å². The van der Waals surface area contributed by atoms with Crippen LogP contribution in [0.5, 0.6) is 0 Å². The van der Waals surface area contributed by atoms with Gasteiger partial charge in [-0.25, -0.2) is 4.98 Å². The van der Waals surface area contributed by atoms with E-state index in [4.69, 9.17) is 16.0 Å². The van der Waals surface area contributed by atoms with Crippen molar-refractivity contribution >= 4 is 11.6 Å². The molecule has 18 heavy (non-hydrogen) atoms. The van der Waals surface area contributed by atoms with Gasteiger partial charge in [-0.1, -0.05) is 29.8 Å². The molecule has 2 rings (SSSR count). The lowest BCUT2D eigenvalue weighted by Crippen LogP contribution is -2.08. The Balaban J connectivity index is 1.96. The van der Waals surface area contributed by atoms with Gasteiger partial charge in [0.25, 0.3) is 0 Å². The zero-order valence-electron chi connectivity index (χ0n) is 10.4. The zero-order chi connectivity index (χ0) is 12.8. The van der Waals surface area contributed by atoms with Gasteiger partial charge >= 0.3 is 0 Å². The Morgan fingerprint density at radius 1 is 1.33 bits per heavy atom. The highest BCUT2D eigenvalue weighted by molar-refractivity contribution is 6.31. The quantitative estimate of drug-likeness (QED) is 0.815. The fraction of sp³-hybridized carbons (Fsp3) is 0.357. The topological polar surface area (TPSA) is 38.1 Å². The molecule has 0 aliphatic rings. The predicted octanol–water partition coefficient (Wildman–Crippen LogP) is 3.07. The van der Waals surface area contributed by atoms with E-state index in [1.165, 1.54) is 0 Å². The van der Waals surface area contributed by atoms with Gasteiger partial charge in [0.15, 0.2) is 5.89 Å². The largest absolute Gasteiger partial charge is 0.445 e. The van der Waals surface area contributed by atoms with E-state index in [0.717, 1.165) is 41.6 Å². The number of oxazole rings is 1. The Morgan fingerprint density at radius 3 is 2.94 bits per heavy atom. The summed E-state index contributed by atoms with van der Waals surface area (Å²) in [6.45, 7) is 0.987. The van der Waals surface area contributed by atoms with Gasteiger partial charge in [-0.15, -0.1) is 0 Å². The van der Waals surface area contributed by atoms with E-state index >= 15 is 0 Å². The monoisotopic (exact) mass is 264 g/mol. The highest BCUT2D eigenvalue weighted by atomic mass is 35.5. The first-order valence-corrected chi connectivity index (χ1v) is 6.49. The molecule has 1 aromatic heterocycles. The van der Waals surface area contributed by atoms with Gasteiger partial charge in [0.2, 0.25) is 0 Å². The molecule has 0 bridgehead atoms. The minimum Gasteiger partial charge on any atom is -0.445 e. The molecule has 1 aromatic carbocycles. The van der Waals surface area contributed by atoms with Crippen molar-refractivity contribution in [2.75, 3.05) is 13.6 Å². The fourth-order valence-electron chi connectivity index (χ4n) is 1.79. The summed E-state index contributed by atoms with van der Waals surface area (Å²) in [5.41, 5.74) is 1.04. The van der Waals surface area contributed by atoms with Gasteiger partial charge in [-0.05, 0) is 31.6 Å². The molecule has 0 amide bonds. The molecule has 0 saturated carbocycles. The Hall–Kier alpha value is -1.32. The number of nitrogens with one attached hydrogen (secondary N) is 1. The van der Waals surface area contributed by atoms with Crippen molar-refractivity contribution in [3.05, 3.63) is 52.7 Å². The van der Waals surface area contributed by atoms with Crippen LogP contribution in [0.2, 0.25) is 5.02 Å². The molecular formula is C14H17ClN2O. The van der Waals surface area contributed by atoms with Gasteiger partial charge < -0.3 is 9.73 Å². The van der Waals surface area contributed by atoms with E-state index in [2.05, 4.69) is 10.3 Å². The molecule has 1 heterocycles. The molecule has 2 aromatic rings. The third-order valence-corrected chi connectivity index (χ3v) is 3.12. The second-order valence-corrected chi connectivity index (χ2v) is 4.60. The van der Waals surface area contributed by atoms with Crippen molar-refractivity contribution in [1.29, 1.82) is 0 Å². The van der Waals surface area contributed by atoms with Crippen LogP contribution in [0.3, 0.4) is 0 Å². The first-order chi connectivity index (χ1) is 8.79. The van der Waals surface area contributed by atoms with Gasteiger partial charge in [-0.3, -0.25) is 0 Å². The lowest BCUT2D eigenvalue weighted by Gasteiger charge is -2.00. The average Bonchev–Trinajstić information content (AvgIpc) is 2.80. The van der Waals surface area contributed by atoms with Crippen molar-refractivity contribution < 1.29 is 4.42 Å². The first kappa shape index (κ1) is 13.1. The van der Waals surface area contributed by atoms with Gasteiger partial charge in [0, 0.05) is 11.4 Å². The highest BCUT2D eigenvalue weighted by Gasteiger charge is 2.07. The van der Waals surface area contributed by atoms with E-state index in [9.17, 15) is 0 Å². The zero-order valence-corrected chi connectivity index (χ0v) is 11.2. The minimum atomic E-state index is 0.645. The standard InChI is InChI=1S/C14H17ClN2O/c1-16-8-4-6-12-10-17-14(18-12)9-11-5-2-3-7-13(11)15/h2-3,5,7,10,16H,4,6,8-9H2,1H3. The lowest BCUT2D eigenvalue weighted by molar-refractivity contribution is 0.457. The van der Waals surface area contributed by atoms with Crippen molar-refractivity contribution in [2.45, 2.75) is 19.3 Å². The molecule has 1 N–H and O–H groups in total. The summed E-state index contributed by atoms with van der Waals surface area (Å²) in [5.74, 6) is 1.66. The molecule has 0 unspecified atom stereocenters. The third-order valence-electron chi connectivity index (χ3n) is 2.75. The number of hydrogen-bond acceptors (Lipinski definition) is 3. The normalized spacial score (nSPS) is 10.8. The van der Waals surface area contributed by atoms with Crippen LogP contribution in [0.1, 0.15) is 23.6 Å². The first-order valence-electron chi connectivity index (χ1n) is 6.11. The lowest BCUT2D eigenvalue weighted by atomic mass is 10.1. The molecule has 3 nitrogen and oxygen atoms in total. The van der Waals surface area contributed by atoms with Crippen LogP contribution < -0.4 is 5.32 Å². The van der Waals surface area contributed by atoms with Crippen molar-refractivity contribution in [3.8, 4) is 0 Å². The van der Waals surface area contributed by atoms with Crippen LogP contribution in [-0.4, -0.2) is 18.6 Å². The van der Waals surface area contributed by atoms with Crippen LogP contribution in [0.25, 0.3) is 0 Å². The third kappa shape index (κ3) is 3.59. The van der Waals surface area contributed by atoms with Crippen molar-refractivity contribution in [1.82, 2.24) is 10.3 Å². The Morgan fingerprint density at radius 2 is 2.17 bits per heavy atom. The number of hydrogen-bond donors (Lipinski definition) is 1. The van der Waals surface area contributed by atoms with Crippen LogP contribution in [0, 0.1) is 0 Å². The smallest absolute Gasteiger partial charge is 0.198 e. The number of nitrogens with zero attached hydrogens (tertiary/aromatic N) is 1. The molecule has 0 radical (unpaired) electrons. The van der Waals surface area contributed by atoms with E-state index in [1.54, 1.807) is 0 Å². The Labute approximate surface area is 112 Å². The maximum atomic E-state index is 6.11. The van der Waals surface area contributed by atoms with E-state index < -0.39 is 0 Å². The number of halogens is 1. The summed E-state index contributed by atoms with van der Waals surface area (Å²) in [6, 6.07) is 7.77. The summed E-state index contributed by atoms with van der Waals surface area (Å²) < 4.78 is 5.69. The highest BCUT2D eigenvalue weighted by Crippen LogP contribution is 2.19. The number of aryl methyl sites for hydroxylation is 1. The molecule has 4 heteroatoms. The van der Waals surface area contributed by atoms with E-state index in [-0.39, 0.29) is 0 Å². The molecule has 0 spiro atoms. The predicted molar refractivity (Wildman–Crippen MR) is 73.0 cm³/mol. The maximum Gasteiger partial charge on any atom is 0.198 e. The summed E-state index contributed by atoms with van der Waals surface area (Å²) in [6.07, 6.45) is 4.42. The average molecular weight is 265 g/mol. The van der Waals surface area contributed by atoms with Crippen LogP contribution in [-0.2, 0) is 12.8 Å². The van der Waals surface area contributed by atoms with Crippen LogP contribution >= 0.6 is 11.6 Å². The number of benzene rings is 1. The molecule has 0 saturated heterocycles. The van der Waals surface area contributed by atoms with E-state index in [1.807, 2.05) is 37.5 Å². The molecule has 0 atom stereocenters. The van der Waals surface area contributed by atoms with Crippen molar-refractivity contribution in [3.63, 3.8) is 0 Å². The number of rotatable bonds is 6. The summed E-state index contributed by atoms with van der Waals surface area (Å²) in [4.78, 5) is 4.29. The summed E-state index contributed by atoms with van der Waals surface area (Å²) >= 11 is 6.11. The minimum absolute atomic E-state index is 0.645. The van der Waals surface area contributed by atoms with Gasteiger partial charge in [-0.2, -0.15) is 0 Å². The molecule has 0 aliphatic heterocycles. The Bertz CT molecular complexity index is 496. The maximum absolute atomic E-state index is 6.11. The SMILES string of the molecule is CNCCCc1cnc(Cc2ccccc2Cl)o1. The molecule has 0 fully saturated rings. The summed E-state index contributed by atoms with van der Waals surface area (Å²) in [5, 5.41) is 3.87.